The Morgan fingerprint density at radius 1 is 1.40 bits per heavy atom. The van der Waals surface area contributed by atoms with Crippen LogP contribution in [0, 0.1) is 24.7 Å². The van der Waals surface area contributed by atoms with E-state index in [1.165, 1.54) is 21.5 Å². The fraction of sp³-hybridized carbons (Fsp3) is 0.500. The molecule has 0 aromatic carbocycles. The van der Waals surface area contributed by atoms with Crippen molar-refractivity contribution in [2.45, 2.75) is 38.7 Å². The first-order valence-corrected chi connectivity index (χ1v) is 12.8. The number of carboxylic acids is 1. The Morgan fingerprint density at radius 2 is 2.17 bits per heavy atom. The van der Waals surface area contributed by atoms with Gasteiger partial charge in [-0.25, -0.2) is 0 Å². The van der Waals surface area contributed by atoms with E-state index in [-0.39, 0.29) is 29.3 Å². The number of hydrogen-bond donors (Lipinski definition) is 2. The summed E-state index contributed by atoms with van der Waals surface area (Å²) in [4.78, 5) is 25.4. The fourth-order valence-electron chi connectivity index (χ4n) is 3.76. The number of rotatable bonds is 12. The Morgan fingerprint density at radius 3 is 2.80 bits per heavy atom. The molecule has 1 aromatic heterocycles. The average Bonchev–Trinajstić information content (AvgIpc) is 3.19. The van der Waals surface area contributed by atoms with Gasteiger partial charge in [-0.05, 0) is 0 Å². The molecule has 30 heavy (non-hydrogen) atoms. The van der Waals surface area contributed by atoms with Gasteiger partial charge >= 0.3 is 197 Å². The summed E-state index contributed by atoms with van der Waals surface area (Å²) in [5.41, 5.74) is 0. The van der Waals surface area contributed by atoms with Crippen molar-refractivity contribution in [3.05, 3.63) is 44.6 Å². The zero-order valence-electron chi connectivity index (χ0n) is 17.1. The number of aliphatic hydroxyl groups is 1. The summed E-state index contributed by atoms with van der Waals surface area (Å²) in [5.74, 6) is 2.15. The topological polar surface area (TPSA) is 74.6 Å². The third kappa shape index (κ3) is 7.95. The molecule has 1 heterocycles. The van der Waals surface area contributed by atoms with Crippen LogP contribution in [0.3, 0.4) is 0 Å². The van der Waals surface area contributed by atoms with Crippen LogP contribution in [-0.4, -0.2) is 53.0 Å². The van der Waals surface area contributed by atoms with Crippen molar-refractivity contribution in [2.24, 2.45) is 17.8 Å². The number of aryl methyl sites for hydroxylation is 2. The van der Waals surface area contributed by atoms with E-state index in [4.69, 9.17) is 5.11 Å². The van der Waals surface area contributed by atoms with Crippen molar-refractivity contribution in [2.75, 3.05) is 11.5 Å². The van der Waals surface area contributed by atoms with Gasteiger partial charge in [0.2, 0.25) is 0 Å². The Bertz CT molecular complexity index is 786. The summed E-state index contributed by atoms with van der Waals surface area (Å²) in [6, 6.07) is 2.08. The summed E-state index contributed by atoms with van der Waals surface area (Å²) in [6.07, 6.45) is 9.72. The summed E-state index contributed by atoms with van der Waals surface area (Å²) in [5, 5.41) is 19.2. The molecule has 1 fully saturated rings. The number of thioether (sulfide) groups is 1. The minimum absolute atomic E-state index is 0.0358. The molecule has 0 amide bonds. The van der Waals surface area contributed by atoms with Gasteiger partial charge in [0.1, 0.15) is 0 Å². The van der Waals surface area contributed by atoms with E-state index in [1.54, 1.807) is 17.4 Å². The quantitative estimate of drug-likeness (QED) is 0.193. The molecule has 0 spiro atoms. The van der Waals surface area contributed by atoms with Crippen LogP contribution < -0.4 is 0 Å². The number of ketones is 1. The summed E-state index contributed by atoms with van der Waals surface area (Å²) >= 11 is 6.57. The van der Waals surface area contributed by atoms with E-state index >= 15 is 0 Å². The Labute approximate surface area is 196 Å². The van der Waals surface area contributed by atoms with Crippen molar-refractivity contribution in [1.82, 2.24) is 0 Å². The van der Waals surface area contributed by atoms with Gasteiger partial charge in [0.15, 0.2) is 0 Å². The molecule has 1 unspecified atom stereocenters. The maximum absolute atomic E-state index is 12.4. The van der Waals surface area contributed by atoms with E-state index < -0.39 is 12.1 Å². The molecule has 4 nitrogen and oxygen atoms in total. The molecule has 4 atom stereocenters. The second kappa shape index (κ2) is 12.8. The predicted octanol–water partition coefficient (Wildman–Crippen LogP) is 3.96. The molecular formula is C22H28BBrO4S2. The van der Waals surface area contributed by atoms with Crippen LogP contribution in [0.1, 0.15) is 29.0 Å². The van der Waals surface area contributed by atoms with E-state index in [2.05, 4.69) is 36.4 Å². The Kier molecular flexibility index (Phi) is 10.8. The van der Waals surface area contributed by atoms with Crippen LogP contribution in [0.15, 0.2) is 34.8 Å². The van der Waals surface area contributed by atoms with Gasteiger partial charge < -0.3 is 0 Å². The molecule has 2 N–H and O–H groups in total. The van der Waals surface area contributed by atoms with Crippen LogP contribution in [0.25, 0.3) is 0 Å². The fourth-order valence-corrected chi connectivity index (χ4v) is 5.93. The summed E-state index contributed by atoms with van der Waals surface area (Å²) in [7, 11) is 3.90. The second-order valence-electron chi connectivity index (χ2n) is 7.50. The molecule has 1 aliphatic rings. The van der Waals surface area contributed by atoms with Crippen LogP contribution in [-0.2, 0) is 16.0 Å². The zero-order valence-corrected chi connectivity index (χ0v) is 20.3. The molecule has 0 bridgehead atoms. The van der Waals surface area contributed by atoms with E-state index in [0.29, 0.717) is 25.0 Å². The Balaban J connectivity index is 1.90. The van der Waals surface area contributed by atoms with Crippen LogP contribution in [0.4, 0.5) is 0 Å². The first kappa shape index (κ1) is 25.3. The van der Waals surface area contributed by atoms with Crippen molar-refractivity contribution in [3.8, 4) is 0 Å². The molecule has 0 radical (unpaired) electrons. The average molecular weight is 511 g/mol. The van der Waals surface area contributed by atoms with Gasteiger partial charge in [0, 0.05) is 0 Å². The van der Waals surface area contributed by atoms with E-state index in [0.717, 1.165) is 10.9 Å². The Hall–Kier alpha value is -0.955. The molecule has 0 saturated heterocycles. The molecule has 0 aliphatic heterocycles. The third-order valence-electron chi connectivity index (χ3n) is 5.34. The normalized spacial score (nSPS) is 24.1. The third-order valence-corrected chi connectivity index (χ3v) is 8.42. The van der Waals surface area contributed by atoms with Crippen LogP contribution in [0.2, 0.25) is 0 Å². The number of carbonyl (C=O) groups is 2. The first-order chi connectivity index (χ1) is 14.3. The maximum atomic E-state index is 12.4. The monoisotopic (exact) mass is 510 g/mol. The predicted molar refractivity (Wildman–Crippen MR) is 132 cm³/mol. The number of aliphatic carboxylic acids is 1. The standard InChI is InChI=1S/C22H28BBrO4S2/c1-14-20(24)11-17(30-14)7-5-16(25)6-8-18-15(12-23)10-21(26)19(18)4-2-3-9-29-13-22(27)28/h2-3,6,8,11-12,15,18-19,21,23,26H,4-5,7,9-10,13H2,1H3,(H,27,28)/b3-2-,8-6+/t15-,18-,19+,21?/m0/s1. The van der Waals surface area contributed by atoms with Crippen LogP contribution in [0.5, 0.6) is 0 Å². The van der Waals surface area contributed by atoms with E-state index in [1.807, 2.05) is 24.2 Å². The van der Waals surface area contributed by atoms with Crippen LogP contribution >= 0.6 is 39.0 Å². The number of allylic oxidation sites excluding steroid dienone is 3. The van der Waals surface area contributed by atoms with Crippen molar-refractivity contribution >= 4 is 64.2 Å². The molecule has 2 rings (SSSR count). The molecular weight excluding hydrogens is 483 g/mol. The van der Waals surface area contributed by atoms with Crippen molar-refractivity contribution in [3.63, 3.8) is 0 Å². The van der Waals surface area contributed by atoms with Gasteiger partial charge in [-0.3, -0.25) is 0 Å². The van der Waals surface area contributed by atoms with Crippen molar-refractivity contribution in [1.29, 1.82) is 0 Å². The first-order valence-electron chi connectivity index (χ1n) is 10.0. The van der Waals surface area contributed by atoms with Gasteiger partial charge in [-0.2, -0.15) is 0 Å². The SMILES string of the molecule is B=C[C@@H]1CC(O)[C@H](C/C=C\CSCC(=O)O)[C@H]1/C=C/C(=O)CCc1cc(Br)c(C)s1. The summed E-state index contributed by atoms with van der Waals surface area (Å²) < 4.78 is 1.09. The number of halogens is 1. The number of carbonyl (C=O) groups excluding carboxylic acids is 1. The number of hydrogen-bond acceptors (Lipinski definition) is 5. The van der Waals surface area contributed by atoms with E-state index in [9.17, 15) is 14.7 Å². The molecule has 1 saturated carbocycles. The number of aliphatic hydroxyl groups excluding tert-OH is 1. The molecule has 1 aliphatic carbocycles. The van der Waals surface area contributed by atoms with Crippen molar-refractivity contribution < 1.29 is 19.8 Å². The number of carboxylic acid groups (broad SMARTS) is 1. The molecule has 1 aromatic rings. The van der Waals surface area contributed by atoms with Gasteiger partial charge in [-0.1, -0.05) is 0 Å². The van der Waals surface area contributed by atoms with Gasteiger partial charge in [0.25, 0.3) is 0 Å². The molecule has 162 valence electrons. The van der Waals surface area contributed by atoms with Gasteiger partial charge in [-0.15, -0.1) is 0 Å². The summed E-state index contributed by atoms with van der Waals surface area (Å²) in [6.45, 7) is 2.06. The molecule has 8 heteroatoms. The van der Waals surface area contributed by atoms with Gasteiger partial charge in [0.05, 0.1) is 0 Å². The number of thiophene rings is 1. The minimum atomic E-state index is -0.815. The second-order valence-corrected chi connectivity index (χ2v) is 10.7. The zero-order chi connectivity index (χ0) is 22.1.